The van der Waals surface area contributed by atoms with Crippen molar-refractivity contribution in [2.45, 2.75) is 13.5 Å². The molecule has 0 saturated heterocycles. The van der Waals surface area contributed by atoms with Gasteiger partial charge in [0, 0.05) is 0 Å². The molecule has 0 unspecified atom stereocenters. The molecule has 0 aliphatic rings. The van der Waals surface area contributed by atoms with Crippen LogP contribution in [0.4, 0.5) is 0 Å². The zero-order chi connectivity index (χ0) is 9.26. The molecule has 2 heterocycles. The molecule has 0 amide bonds. The molecule has 0 bridgehead atoms. The second kappa shape index (κ2) is 3.26. The number of aryl methyl sites for hydroxylation is 1. The Morgan fingerprint density at radius 2 is 2.46 bits per heavy atom. The summed E-state index contributed by atoms with van der Waals surface area (Å²) in [7, 11) is 0. The molecule has 3 nitrogen and oxygen atoms in total. The first-order chi connectivity index (χ1) is 6.27. The van der Waals surface area contributed by atoms with Crippen molar-refractivity contribution in [2.75, 3.05) is 0 Å². The van der Waals surface area contributed by atoms with Crippen molar-refractivity contribution in [2.24, 2.45) is 0 Å². The van der Waals surface area contributed by atoms with Crippen LogP contribution in [-0.2, 0) is 6.54 Å². The van der Waals surface area contributed by atoms with E-state index >= 15 is 0 Å². The van der Waals surface area contributed by atoms with Gasteiger partial charge in [-0.05, 0) is 19.1 Å². The molecule has 0 aromatic carbocycles. The fourth-order valence-corrected chi connectivity index (χ4v) is 1.42. The van der Waals surface area contributed by atoms with Crippen molar-refractivity contribution in [3.63, 3.8) is 0 Å². The number of furan rings is 1. The van der Waals surface area contributed by atoms with Crippen LogP contribution in [0.3, 0.4) is 0 Å². The van der Waals surface area contributed by atoms with Crippen molar-refractivity contribution in [1.82, 2.24) is 9.55 Å². The number of hydrogen-bond donors (Lipinski definition) is 0. The summed E-state index contributed by atoms with van der Waals surface area (Å²) in [5.41, 5.74) is 0. The largest absolute Gasteiger partial charge is 0.467 e. The zero-order valence-electron chi connectivity index (χ0n) is 7.20. The molecule has 68 valence electrons. The van der Waals surface area contributed by atoms with Gasteiger partial charge < -0.3 is 8.98 Å². The first-order valence-electron chi connectivity index (χ1n) is 3.97. The average molecular weight is 197 g/mol. The van der Waals surface area contributed by atoms with E-state index < -0.39 is 0 Å². The first-order valence-corrected chi connectivity index (χ1v) is 4.35. The summed E-state index contributed by atoms with van der Waals surface area (Å²) in [5, 5.41) is 0.633. The summed E-state index contributed by atoms with van der Waals surface area (Å²) >= 11 is 5.92. The predicted octanol–water partition coefficient (Wildman–Crippen LogP) is 2.49. The van der Waals surface area contributed by atoms with Gasteiger partial charge >= 0.3 is 0 Å². The summed E-state index contributed by atoms with van der Waals surface area (Å²) in [6.45, 7) is 2.55. The molecule has 0 radical (unpaired) electrons. The van der Waals surface area contributed by atoms with Gasteiger partial charge in [-0.15, -0.1) is 0 Å². The Hall–Kier alpha value is -1.22. The molecule has 0 aliphatic heterocycles. The minimum Gasteiger partial charge on any atom is -0.467 e. The molecule has 0 fully saturated rings. The Morgan fingerprint density at radius 1 is 1.62 bits per heavy atom. The quantitative estimate of drug-likeness (QED) is 0.739. The molecular formula is C9H9ClN2O. The standard InChI is InChI=1S/C9H9ClN2O/c1-7-11-5-9(10)12(7)6-8-3-2-4-13-8/h2-5H,6H2,1H3. The predicted molar refractivity (Wildman–Crippen MR) is 49.8 cm³/mol. The van der Waals surface area contributed by atoms with Gasteiger partial charge in [0.05, 0.1) is 19.0 Å². The summed E-state index contributed by atoms with van der Waals surface area (Å²) < 4.78 is 7.10. The Morgan fingerprint density at radius 3 is 3.00 bits per heavy atom. The summed E-state index contributed by atoms with van der Waals surface area (Å²) in [4.78, 5) is 4.09. The van der Waals surface area contributed by atoms with Crippen molar-refractivity contribution in [1.29, 1.82) is 0 Å². The van der Waals surface area contributed by atoms with E-state index in [1.807, 2.05) is 23.6 Å². The highest BCUT2D eigenvalue weighted by molar-refractivity contribution is 6.29. The molecule has 2 aromatic rings. The minimum atomic E-state index is 0.633. The molecule has 0 aliphatic carbocycles. The van der Waals surface area contributed by atoms with Crippen molar-refractivity contribution in [3.8, 4) is 0 Å². The second-order valence-electron chi connectivity index (χ2n) is 2.79. The summed E-state index contributed by atoms with van der Waals surface area (Å²) in [6, 6.07) is 3.77. The van der Waals surface area contributed by atoms with Crippen molar-refractivity contribution in [3.05, 3.63) is 41.3 Å². The maximum atomic E-state index is 5.92. The van der Waals surface area contributed by atoms with Gasteiger partial charge in [0.1, 0.15) is 16.7 Å². The van der Waals surface area contributed by atoms with Crippen molar-refractivity contribution < 1.29 is 4.42 Å². The number of nitrogens with zero attached hydrogens (tertiary/aromatic N) is 2. The van der Waals surface area contributed by atoms with Crippen LogP contribution in [0.2, 0.25) is 5.15 Å². The summed E-state index contributed by atoms with van der Waals surface area (Å²) in [5.74, 6) is 1.77. The van der Waals surface area contributed by atoms with Crippen LogP contribution in [-0.4, -0.2) is 9.55 Å². The minimum absolute atomic E-state index is 0.633. The maximum Gasteiger partial charge on any atom is 0.129 e. The number of halogens is 1. The smallest absolute Gasteiger partial charge is 0.129 e. The van der Waals surface area contributed by atoms with Gasteiger partial charge in [0.25, 0.3) is 0 Å². The normalized spacial score (nSPS) is 10.6. The zero-order valence-corrected chi connectivity index (χ0v) is 7.95. The Bertz CT molecular complexity index is 372. The molecular weight excluding hydrogens is 188 g/mol. The van der Waals surface area contributed by atoms with Gasteiger partial charge in [0.15, 0.2) is 0 Å². The van der Waals surface area contributed by atoms with E-state index in [4.69, 9.17) is 16.0 Å². The number of imidazole rings is 1. The third-order valence-corrected chi connectivity index (χ3v) is 2.20. The summed E-state index contributed by atoms with van der Waals surface area (Å²) in [6.07, 6.45) is 3.29. The van der Waals surface area contributed by atoms with Gasteiger partial charge in [-0.3, -0.25) is 0 Å². The van der Waals surface area contributed by atoms with Gasteiger partial charge in [0.2, 0.25) is 0 Å². The highest BCUT2D eigenvalue weighted by atomic mass is 35.5. The van der Waals surface area contributed by atoms with Gasteiger partial charge in [-0.2, -0.15) is 0 Å². The Balaban J connectivity index is 2.27. The van der Waals surface area contributed by atoms with Crippen LogP contribution in [0.25, 0.3) is 0 Å². The lowest BCUT2D eigenvalue weighted by Gasteiger charge is -2.02. The molecule has 4 heteroatoms. The fourth-order valence-electron chi connectivity index (χ4n) is 1.19. The van der Waals surface area contributed by atoms with Crippen LogP contribution in [0, 0.1) is 6.92 Å². The van der Waals surface area contributed by atoms with Gasteiger partial charge in [-0.1, -0.05) is 11.6 Å². The van der Waals surface area contributed by atoms with E-state index in [-0.39, 0.29) is 0 Å². The van der Waals surface area contributed by atoms with Crippen LogP contribution in [0.1, 0.15) is 11.6 Å². The molecule has 0 saturated carbocycles. The van der Waals surface area contributed by atoms with Crippen LogP contribution >= 0.6 is 11.6 Å². The molecule has 2 rings (SSSR count). The van der Waals surface area contributed by atoms with E-state index in [0.29, 0.717) is 11.7 Å². The highest BCUT2D eigenvalue weighted by Gasteiger charge is 2.05. The monoisotopic (exact) mass is 196 g/mol. The Labute approximate surface area is 81.0 Å². The third kappa shape index (κ3) is 1.60. The number of aromatic nitrogens is 2. The van der Waals surface area contributed by atoms with Crippen LogP contribution < -0.4 is 0 Å². The topological polar surface area (TPSA) is 31.0 Å². The molecule has 0 atom stereocenters. The van der Waals surface area contributed by atoms with E-state index in [1.165, 1.54) is 0 Å². The molecule has 0 N–H and O–H groups in total. The van der Waals surface area contributed by atoms with E-state index in [0.717, 1.165) is 11.6 Å². The number of rotatable bonds is 2. The van der Waals surface area contributed by atoms with Crippen LogP contribution in [0.5, 0.6) is 0 Å². The third-order valence-electron chi connectivity index (χ3n) is 1.90. The average Bonchev–Trinajstić information content (AvgIpc) is 2.70. The number of hydrogen-bond acceptors (Lipinski definition) is 2. The first kappa shape index (κ1) is 8.38. The lowest BCUT2D eigenvalue weighted by atomic mass is 10.4. The lowest BCUT2D eigenvalue weighted by molar-refractivity contribution is 0.491. The SMILES string of the molecule is Cc1ncc(Cl)n1Cc1ccco1. The van der Waals surface area contributed by atoms with Crippen LogP contribution in [0.15, 0.2) is 29.0 Å². The fraction of sp³-hybridized carbons (Fsp3) is 0.222. The van der Waals surface area contributed by atoms with Gasteiger partial charge in [-0.25, -0.2) is 4.98 Å². The van der Waals surface area contributed by atoms with Crippen molar-refractivity contribution >= 4 is 11.6 Å². The highest BCUT2D eigenvalue weighted by Crippen LogP contribution is 2.13. The molecule has 2 aromatic heterocycles. The maximum absolute atomic E-state index is 5.92. The second-order valence-corrected chi connectivity index (χ2v) is 3.18. The Kier molecular flexibility index (Phi) is 2.10. The van der Waals surface area contributed by atoms with E-state index in [9.17, 15) is 0 Å². The van der Waals surface area contributed by atoms with E-state index in [1.54, 1.807) is 12.5 Å². The van der Waals surface area contributed by atoms with E-state index in [2.05, 4.69) is 4.98 Å². The lowest BCUT2D eigenvalue weighted by Crippen LogP contribution is -2.00. The molecule has 0 spiro atoms. The molecule has 13 heavy (non-hydrogen) atoms.